The molecule has 6 nitrogen and oxygen atoms in total. The molecule has 0 heterocycles. The van der Waals surface area contributed by atoms with E-state index in [1.54, 1.807) is 0 Å². The molecule has 0 aromatic heterocycles. The van der Waals surface area contributed by atoms with Crippen molar-refractivity contribution < 1.29 is 27.8 Å². The fourth-order valence-corrected chi connectivity index (χ4v) is 2.77. The van der Waals surface area contributed by atoms with Crippen molar-refractivity contribution in [1.29, 1.82) is 0 Å². The third kappa shape index (κ3) is 4.62. The maximum absolute atomic E-state index is 12.0. The average molecular weight is 288 g/mol. The minimum absolute atomic E-state index is 0.000351. The molecule has 0 atom stereocenters. The topological polar surface area (TPSA) is 89.9 Å². The average Bonchev–Trinajstić information content (AvgIpc) is 2.38. The molecular weight excluding hydrogens is 272 g/mol. The summed E-state index contributed by atoms with van der Waals surface area (Å²) in [5, 5.41) is 8.96. The van der Waals surface area contributed by atoms with E-state index in [0.29, 0.717) is 13.2 Å². The van der Waals surface area contributed by atoms with E-state index in [-0.39, 0.29) is 22.8 Å². The number of hydrogen-bond donors (Lipinski definition) is 1. The number of carboxylic acids is 1. The minimum Gasteiger partial charge on any atom is -0.478 e. The highest BCUT2D eigenvalue weighted by atomic mass is 32.2. The number of ether oxygens (including phenoxy) is 2. The van der Waals surface area contributed by atoms with Gasteiger partial charge in [0.15, 0.2) is 9.84 Å². The molecule has 0 amide bonds. The third-order valence-corrected chi connectivity index (χ3v) is 4.11. The zero-order valence-corrected chi connectivity index (χ0v) is 11.4. The molecule has 7 heteroatoms. The molecule has 1 rings (SSSR count). The molecule has 0 aliphatic rings. The molecule has 19 heavy (non-hydrogen) atoms. The molecule has 0 spiro atoms. The number of carboxylic acid groups (broad SMARTS) is 1. The molecule has 0 aliphatic carbocycles. The summed E-state index contributed by atoms with van der Waals surface area (Å²) in [5.41, 5.74) is -0.223. The van der Waals surface area contributed by atoms with Gasteiger partial charge >= 0.3 is 5.97 Å². The van der Waals surface area contributed by atoms with Crippen molar-refractivity contribution in [3.63, 3.8) is 0 Å². The smallest absolute Gasteiger partial charge is 0.337 e. The highest BCUT2D eigenvalue weighted by Crippen LogP contribution is 2.17. The summed E-state index contributed by atoms with van der Waals surface area (Å²) < 4.78 is 33.9. The monoisotopic (exact) mass is 288 g/mol. The molecule has 0 unspecified atom stereocenters. The van der Waals surface area contributed by atoms with Crippen LogP contribution in [0.2, 0.25) is 0 Å². The van der Waals surface area contributed by atoms with Crippen LogP contribution in [0.1, 0.15) is 10.4 Å². The van der Waals surface area contributed by atoms with Gasteiger partial charge in [0.25, 0.3) is 0 Å². The molecule has 1 aromatic carbocycles. The Hall–Kier alpha value is -1.44. The van der Waals surface area contributed by atoms with Gasteiger partial charge in [-0.05, 0) is 12.1 Å². The lowest BCUT2D eigenvalue weighted by atomic mass is 10.2. The zero-order valence-electron chi connectivity index (χ0n) is 10.5. The van der Waals surface area contributed by atoms with E-state index in [2.05, 4.69) is 0 Å². The maximum atomic E-state index is 12.0. The summed E-state index contributed by atoms with van der Waals surface area (Å²) in [6.07, 6.45) is 0. The lowest BCUT2D eigenvalue weighted by Crippen LogP contribution is -2.17. The third-order valence-electron chi connectivity index (χ3n) is 2.38. The second-order valence-electron chi connectivity index (χ2n) is 3.73. The van der Waals surface area contributed by atoms with Crippen LogP contribution < -0.4 is 0 Å². The standard InChI is InChI=1S/C12H16O6S/c1-17-6-7-18-8-9-19(15,16)11-5-3-2-4-10(11)12(13)14/h2-5H,6-9H2,1H3,(H,13,14). The Morgan fingerprint density at radius 1 is 1.21 bits per heavy atom. The maximum Gasteiger partial charge on any atom is 0.337 e. The van der Waals surface area contributed by atoms with Gasteiger partial charge in [-0.3, -0.25) is 0 Å². The molecule has 106 valence electrons. The normalized spacial score (nSPS) is 11.4. The molecule has 0 fully saturated rings. The van der Waals surface area contributed by atoms with Gasteiger partial charge in [0.1, 0.15) is 0 Å². The molecular formula is C12H16O6S. The Morgan fingerprint density at radius 3 is 2.53 bits per heavy atom. The first kappa shape index (κ1) is 15.6. The molecule has 0 bridgehead atoms. The number of hydrogen-bond acceptors (Lipinski definition) is 5. The molecule has 1 N–H and O–H groups in total. The van der Waals surface area contributed by atoms with Gasteiger partial charge < -0.3 is 14.6 Å². The van der Waals surface area contributed by atoms with E-state index < -0.39 is 15.8 Å². The van der Waals surface area contributed by atoms with Crippen molar-refractivity contribution in [2.45, 2.75) is 4.90 Å². The lowest BCUT2D eigenvalue weighted by molar-refractivity contribution is 0.0692. The largest absolute Gasteiger partial charge is 0.478 e. The number of methoxy groups -OCH3 is 1. The molecule has 0 saturated heterocycles. The molecule has 0 aliphatic heterocycles. The number of rotatable bonds is 8. The molecule has 0 saturated carbocycles. The predicted octanol–water partition coefficient (Wildman–Crippen LogP) is 0.822. The van der Waals surface area contributed by atoms with Crippen molar-refractivity contribution >= 4 is 15.8 Å². The fraction of sp³-hybridized carbons (Fsp3) is 0.417. The van der Waals surface area contributed by atoms with Crippen LogP contribution in [-0.4, -0.2) is 52.2 Å². The Balaban J connectivity index is 2.75. The van der Waals surface area contributed by atoms with E-state index in [4.69, 9.17) is 14.6 Å². The summed E-state index contributed by atoms with van der Waals surface area (Å²) in [4.78, 5) is 10.8. The zero-order chi connectivity index (χ0) is 14.3. The first-order valence-electron chi connectivity index (χ1n) is 5.61. The summed E-state index contributed by atoms with van der Waals surface area (Å²) >= 11 is 0. The SMILES string of the molecule is COCCOCCS(=O)(=O)c1ccccc1C(=O)O. The van der Waals surface area contributed by atoms with Gasteiger partial charge in [-0.1, -0.05) is 12.1 Å². The van der Waals surface area contributed by atoms with Gasteiger partial charge in [-0.25, -0.2) is 13.2 Å². The van der Waals surface area contributed by atoms with Gasteiger partial charge in [0.2, 0.25) is 0 Å². The second kappa shape index (κ2) is 7.22. The first-order valence-corrected chi connectivity index (χ1v) is 7.26. The first-order chi connectivity index (χ1) is 8.99. The highest BCUT2D eigenvalue weighted by molar-refractivity contribution is 7.91. The van der Waals surface area contributed by atoms with E-state index in [0.717, 1.165) is 0 Å². The van der Waals surface area contributed by atoms with Crippen LogP contribution in [0.15, 0.2) is 29.2 Å². The van der Waals surface area contributed by atoms with Gasteiger partial charge in [0, 0.05) is 7.11 Å². The fourth-order valence-electron chi connectivity index (χ4n) is 1.44. The number of aromatic carboxylic acids is 1. The summed E-state index contributed by atoms with van der Waals surface area (Å²) in [7, 11) is -2.15. The van der Waals surface area contributed by atoms with Gasteiger partial charge in [-0.15, -0.1) is 0 Å². The summed E-state index contributed by atoms with van der Waals surface area (Å²) in [6, 6.07) is 5.53. The van der Waals surface area contributed by atoms with Crippen molar-refractivity contribution in [2.24, 2.45) is 0 Å². The quantitative estimate of drug-likeness (QED) is 0.712. The van der Waals surface area contributed by atoms with Gasteiger partial charge in [-0.2, -0.15) is 0 Å². The van der Waals surface area contributed by atoms with Crippen molar-refractivity contribution in [2.75, 3.05) is 32.7 Å². The van der Waals surface area contributed by atoms with Crippen LogP contribution in [0.3, 0.4) is 0 Å². The predicted molar refractivity (Wildman–Crippen MR) is 68.1 cm³/mol. The highest BCUT2D eigenvalue weighted by Gasteiger charge is 2.21. The van der Waals surface area contributed by atoms with E-state index in [1.165, 1.54) is 31.4 Å². The second-order valence-corrected chi connectivity index (χ2v) is 5.80. The number of carbonyl (C=O) groups is 1. The number of sulfone groups is 1. The summed E-state index contributed by atoms with van der Waals surface area (Å²) in [5.74, 6) is -1.53. The van der Waals surface area contributed by atoms with Crippen molar-refractivity contribution in [3.05, 3.63) is 29.8 Å². The van der Waals surface area contributed by atoms with Gasteiger partial charge in [0.05, 0.1) is 36.0 Å². The molecule has 1 aromatic rings. The van der Waals surface area contributed by atoms with E-state index in [1.807, 2.05) is 0 Å². The van der Waals surface area contributed by atoms with Crippen LogP contribution in [0.5, 0.6) is 0 Å². The van der Waals surface area contributed by atoms with Crippen LogP contribution in [-0.2, 0) is 19.3 Å². The van der Waals surface area contributed by atoms with Crippen LogP contribution >= 0.6 is 0 Å². The summed E-state index contributed by atoms with van der Waals surface area (Å²) in [6.45, 7) is 0.679. The lowest BCUT2D eigenvalue weighted by Gasteiger charge is -2.08. The van der Waals surface area contributed by atoms with Crippen LogP contribution in [0.4, 0.5) is 0 Å². The Bertz CT molecular complexity index is 523. The van der Waals surface area contributed by atoms with Crippen molar-refractivity contribution in [3.8, 4) is 0 Å². The Morgan fingerprint density at radius 2 is 1.89 bits per heavy atom. The Kier molecular flexibility index (Phi) is 5.94. The number of benzene rings is 1. The van der Waals surface area contributed by atoms with E-state index >= 15 is 0 Å². The van der Waals surface area contributed by atoms with Crippen LogP contribution in [0, 0.1) is 0 Å². The van der Waals surface area contributed by atoms with E-state index in [9.17, 15) is 13.2 Å². The van der Waals surface area contributed by atoms with Crippen LogP contribution in [0.25, 0.3) is 0 Å². The van der Waals surface area contributed by atoms with Crippen molar-refractivity contribution in [1.82, 2.24) is 0 Å². The Labute approximate surface area is 111 Å². The minimum atomic E-state index is -3.67. The molecule has 0 radical (unpaired) electrons.